The molecule has 6 nitrogen and oxygen atoms in total. The molecule has 140 valence electrons. The van der Waals surface area contributed by atoms with E-state index in [1.165, 1.54) is 0 Å². The summed E-state index contributed by atoms with van der Waals surface area (Å²) < 4.78 is 1.96. The van der Waals surface area contributed by atoms with Crippen molar-refractivity contribution in [2.24, 2.45) is 5.92 Å². The number of aromatic nitrogens is 3. The van der Waals surface area contributed by atoms with Crippen LogP contribution < -0.4 is 5.56 Å². The molecular formula is C21H24N4O2. The number of pyridine rings is 1. The summed E-state index contributed by atoms with van der Waals surface area (Å²) >= 11 is 0. The Morgan fingerprint density at radius 3 is 2.74 bits per heavy atom. The molecule has 1 unspecified atom stereocenters. The number of amides is 1. The van der Waals surface area contributed by atoms with Crippen molar-refractivity contribution in [3.8, 4) is 0 Å². The van der Waals surface area contributed by atoms with Crippen LogP contribution in [0.15, 0.2) is 53.7 Å². The van der Waals surface area contributed by atoms with Crippen molar-refractivity contribution in [3.63, 3.8) is 0 Å². The molecule has 1 N–H and O–H groups in total. The number of carbonyl (C=O) groups excluding carboxylic acids is 1. The molecule has 1 amide bonds. The molecule has 1 aliphatic heterocycles. The van der Waals surface area contributed by atoms with Gasteiger partial charge in [0.1, 0.15) is 6.04 Å². The minimum absolute atomic E-state index is 0.0693. The summed E-state index contributed by atoms with van der Waals surface area (Å²) in [7, 11) is 0. The number of hydrogen-bond acceptors (Lipinski definition) is 3. The van der Waals surface area contributed by atoms with Crippen molar-refractivity contribution in [1.29, 1.82) is 0 Å². The van der Waals surface area contributed by atoms with Crippen molar-refractivity contribution in [1.82, 2.24) is 19.4 Å². The Bertz CT molecular complexity index is 978. The molecule has 0 spiro atoms. The van der Waals surface area contributed by atoms with Crippen molar-refractivity contribution in [2.75, 3.05) is 13.1 Å². The number of carbonyl (C=O) groups is 1. The lowest BCUT2D eigenvalue weighted by Crippen LogP contribution is -2.42. The molecule has 2 aromatic heterocycles. The van der Waals surface area contributed by atoms with Crippen molar-refractivity contribution in [3.05, 3.63) is 64.8 Å². The molecular weight excluding hydrogens is 340 g/mol. The number of fused-ring (bicyclic) bond motifs is 1. The second-order valence-electron chi connectivity index (χ2n) is 7.35. The number of piperidine rings is 1. The van der Waals surface area contributed by atoms with Crippen LogP contribution in [0.2, 0.25) is 0 Å². The zero-order valence-electron chi connectivity index (χ0n) is 15.5. The Hall–Kier alpha value is -2.89. The maximum atomic E-state index is 13.0. The van der Waals surface area contributed by atoms with E-state index >= 15 is 0 Å². The normalized spacial score (nSPS) is 16.6. The number of aromatic amines is 1. The number of hydrogen-bond donors (Lipinski definition) is 1. The van der Waals surface area contributed by atoms with Crippen LogP contribution in [0.1, 0.15) is 31.4 Å². The minimum atomic E-state index is -0.256. The third-order valence-electron chi connectivity index (χ3n) is 5.55. The number of imidazole rings is 1. The first-order valence-electron chi connectivity index (χ1n) is 9.50. The largest absolute Gasteiger partial charge is 0.341 e. The van der Waals surface area contributed by atoms with Gasteiger partial charge in [-0.25, -0.2) is 4.98 Å². The van der Waals surface area contributed by atoms with E-state index in [9.17, 15) is 9.59 Å². The van der Waals surface area contributed by atoms with Gasteiger partial charge in [-0.15, -0.1) is 0 Å². The van der Waals surface area contributed by atoms with Crippen LogP contribution in [0.4, 0.5) is 0 Å². The van der Waals surface area contributed by atoms with Crippen LogP contribution in [0.5, 0.6) is 0 Å². The second kappa shape index (κ2) is 7.39. The molecule has 1 saturated heterocycles. The highest BCUT2D eigenvalue weighted by Gasteiger charge is 2.27. The van der Waals surface area contributed by atoms with Gasteiger partial charge in [0.15, 0.2) is 0 Å². The third kappa shape index (κ3) is 3.65. The van der Waals surface area contributed by atoms with Crippen molar-refractivity contribution >= 4 is 16.9 Å². The van der Waals surface area contributed by atoms with Crippen LogP contribution in [0.25, 0.3) is 11.0 Å². The summed E-state index contributed by atoms with van der Waals surface area (Å²) in [6, 6.07) is 11.1. The van der Waals surface area contributed by atoms with E-state index in [0.29, 0.717) is 5.92 Å². The molecule has 3 aromatic rings. The number of para-hydroxylation sites is 2. The average Bonchev–Trinajstić information content (AvgIpc) is 3.13. The summed E-state index contributed by atoms with van der Waals surface area (Å²) in [6.45, 7) is 3.51. The van der Waals surface area contributed by atoms with E-state index < -0.39 is 0 Å². The van der Waals surface area contributed by atoms with Crippen LogP contribution in [0.3, 0.4) is 0 Å². The first kappa shape index (κ1) is 17.5. The molecule has 4 rings (SSSR count). The highest BCUT2D eigenvalue weighted by atomic mass is 16.2. The van der Waals surface area contributed by atoms with E-state index in [1.807, 2.05) is 46.7 Å². The zero-order chi connectivity index (χ0) is 18.8. The quantitative estimate of drug-likeness (QED) is 0.774. The number of benzene rings is 1. The fraction of sp³-hybridized carbons (Fsp3) is 0.381. The Balaban J connectivity index is 1.38. The molecule has 0 saturated carbocycles. The molecule has 27 heavy (non-hydrogen) atoms. The van der Waals surface area contributed by atoms with E-state index in [0.717, 1.165) is 48.9 Å². The first-order valence-corrected chi connectivity index (χ1v) is 9.50. The van der Waals surface area contributed by atoms with Gasteiger partial charge < -0.3 is 14.5 Å². The van der Waals surface area contributed by atoms with E-state index in [1.54, 1.807) is 18.6 Å². The maximum Gasteiger partial charge on any atom is 0.247 e. The van der Waals surface area contributed by atoms with Crippen molar-refractivity contribution < 1.29 is 4.79 Å². The fourth-order valence-electron chi connectivity index (χ4n) is 3.93. The summed E-state index contributed by atoms with van der Waals surface area (Å²) in [5, 5.41) is 0. The van der Waals surface area contributed by atoms with Gasteiger partial charge in [-0.3, -0.25) is 9.59 Å². The standard InChI is InChI=1S/C21H24N4O2/c1-15(25-14-23-18-4-2-3-5-19(18)25)21(27)24-10-8-16(9-11-24)12-17-6-7-20(26)22-13-17/h2-7,13-16H,8-12H2,1H3,(H,22,26). The van der Waals surface area contributed by atoms with Crippen LogP contribution in [0, 0.1) is 5.92 Å². The molecule has 3 heterocycles. The Labute approximate surface area is 157 Å². The molecule has 1 aliphatic rings. The van der Waals surface area contributed by atoms with E-state index in [4.69, 9.17) is 0 Å². The lowest BCUT2D eigenvalue weighted by atomic mass is 9.90. The topological polar surface area (TPSA) is 71.0 Å². The predicted molar refractivity (Wildman–Crippen MR) is 105 cm³/mol. The molecule has 1 atom stereocenters. The molecule has 0 aliphatic carbocycles. The number of rotatable bonds is 4. The third-order valence-corrected chi connectivity index (χ3v) is 5.55. The zero-order valence-corrected chi connectivity index (χ0v) is 15.5. The molecule has 0 radical (unpaired) electrons. The number of likely N-dealkylation sites (tertiary alicyclic amines) is 1. The minimum Gasteiger partial charge on any atom is -0.341 e. The predicted octanol–water partition coefficient (Wildman–Crippen LogP) is 2.77. The smallest absolute Gasteiger partial charge is 0.247 e. The van der Waals surface area contributed by atoms with E-state index in [2.05, 4.69) is 9.97 Å². The number of nitrogens with one attached hydrogen (secondary N) is 1. The monoisotopic (exact) mass is 364 g/mol. The lowest BCUT2D eigenvalue weighted by molar-refractivity contribution is -0.135. The van der Waals surface area contributed by atoms with Gasteiger partial charge in [-0.1, -0.05) is 18.2 Å². The molecule has 1 aromatic carbocycles. The Morgan fingerprint density at radius 1 is 1.22 bits per heavy atom. The van der Waals surface area contributed by atoms with Crippen LogP contribution >= 0.6 is 0 Å². The van der Waals surface area contributed by atoms with Crippen LogP contribution in [-0.2, 0) is 11.2 Å². The van der Waals surface area contributed by atoms with Gasteiger partial charge in [-0.05, 0) is 49.8 Å². The Morgan fingerprint density at radius 2 is 2.00 bits per heavy atom. The molecule has 6 heteroatoms. The number of H-pyrrole nitrogens is 1. The summed E-state index contributed by atoms with van der Waals surface area (Å²) in [5.41, 5.74) is 2.99. The van der Waals surface area contributed by atoms with Gasteiger partial charge >= 0.3 is 0 Å². The summed E-state index contributed by atoms with van der Waals surface area (Å²) in [4.78, 5) is 33.3. The fourth-order valence-corrected chi connectivity index (χ4v) is 3.93. The highest BCUT2D eigenvalue weighted by Crippen LogP contribution is 2.24. The SMILES string of the molecule is CC(C(=O)N1CCC(Cc2ccc(=O)[nH]c2)CC1)n1cnc2ccccc21. The maximum absolute atomic E-state index is 13.0. The van der Waals surface area contributed by atoms with Gasteiger partial charge in [0.05, 0.1) is 17.4 Å². The lowest BCUT2D eigenvalue weighted by Gasteiger charge is -2.34. The van der Waals surface area contributed by atoms with E-state index in [-0.39, 0.29) is 17.5 Å². The molecule has 0 bridgehead atoms. The van der Waals surface area contributed by atoms with Gasteiger partial charge in [0, 0.05) is 25.4 Å². The van der Waals surface area contributed by atoms with Gasteiger partial charge in [0.25, 0.3) is 0 Å². The second-order valence-corrected chi connectivity index (χ2v) is 7.35. The average molecular weight is 364 g/mol. The summed E-state index contributed by atoms with van der Waals surface area (Å²) in [5.74, 6) is 0.699. The molecule has 1 fully saturated rings. The van der Waals surface area contributed by atoms with Crippen LogP contribution in [-0.4, -0.2) is 38.4 Å². The number of nitrogens with zero attached hydrogens (tertiary/aromatic N) is 3. The summed E-state index contributed by atoms with van der Waals surface area (Å²) in [6.07, 6.45) is 6.48. The highest BCUT2D eigenvalue weighted by molar-refractivity contribution is 5.83. The Kier molecular flexibility index (Phi) is 4.79. The van der Waals surface area contributed by atoms with Crippen molar-refractivity contribution in [2.45, 2.75) is 32.2 Å². The van der Waals surface area contributed by atoms with Gasteiger partial charge in [0.2, 0.25) is 11.5 Å². The van der Waals surface area contributed by atoms with Gasteiger partial charge in [-0.2, -0.15) is 0 Å². The first-order chi connectivity index (χ1) is 13.1.